The number of carbonyl (C=O) groups is 3. The summed E-state index contributed by atoms with van der Waals surface area (Å²) >= 11 is 0. The van der Waals surface area contributed by atoms with Gasteiger partial charge in [-0.05, 0) is 61.9 Å². The molecule has 9 nitrogen and oxygen atoms in total. The molecule has 9 heteroatoms. The number of Topliss-reactive ketones (excluding diaryl/α,β-unsaturated/α-hetero) is 1. The molecule has 1 N–H and O–H groups in total. The highest BCUT2D eigenvalue weighted by Crippen LogP contribution is 2.44. The van der Waals surface area contributed by atoms with Gasteiger partial charge in [-0.3, -0.25) is 14.5 Å². The van der Waals surface area contributed by atoms with Crippen LogP contribution in [0.25, 0.3) is 5.76 Å². The molecule has 0 spiro atoms. The van der Waals surface area contributed by atoms with Gasteiger partial charge in [-0.1, -0.05) is 18.2 Å². The van der Waals surface area contributed by atoms with Gasteiger partial charge < -0.3 is 24.1 Å². The first-order valence-corrected chi connectivity index (χ1v) is 12.4. The van der Waals surface area contributed by atoms with Gasteiger partial charge in [0, 0.05) is 11.8 Å². The van der Waals surface area contributed by atoms with Crippen LogP contribution in [0.4, 0.5) is 5.69 Å². The van der Waals surface area contributed by atoms with E-state index in [-0.39, 0.29) is 22.4 Å². The van der Waals surface area contributed by atoms with Crippen LogP contribution in [0.1, 0.15) is 41.4 Å². The summed E-state index contributed by atoms with van der Waals surface area (Å²) in [6, 6.07) is 16.9. The Bertz CT molecular complexity index is 1430. The second kappa shape index (κ2) is 11.7. The van der Waals surface area contributed by atoms with Crippen LogP contribution < -0.4 is 19.1 Å². The van der Waals surface area contributed by atoms with Crippen LogP contribution in [-0.4, -0.2) is 50.2 Å². The van der Waals surface area contributed by atoms with Gasteiger partial charge in [-0.15, -0.1) is 0 Å². The minimum Gasteiger partial charge on any atom is -0.507 e. The Morgan fingerprint density at radius 1 is 0.897 bits per heavy atom. The molecule has 202 valence electrons. The van der Waals surface area contributed by atoms with Crippen LogP contribution in [0.5, 0.6) is 17.2 Å². The number of amides is 1. The highest BCUT2D eigenvalue weighted by molar-refractivity contribution is 6.51. The lowest BCUT2D eigenvalue weighted by Gasteiger charge is -2.26. The average Bonchev–Trinajstić information content (AvgIpc) is 3.22. The molecule has 1 aliphatic rings. The fourth-order valence-electron chi connectivity index (χ4n) is 4.48. The lowest BCUT2D eigenvalue weighted by atomic mass is 9.94. The SMILES string of the molecule is CCOc1ccc(/C(O)=C2/C(=O)C(=O)N(c3cccc(C(=O)OC)c3)C2c2ccc(OC)cc2)c(OCC)c1. The number of benzene rings is 3. The quantitative estimate of drug-likeness (QED) is 0.180. The summed E-state index contributed by atoms with van der Waals surface area (Å²) in [5, 5.41) is 11.6. The predicted octanol–water partition coefficient (Wildman–Crippen LogP) is 4.91. The zero-order valence-electron chi connectivity index (χ0n) is 22.1. The zero-order valence-corrected chi connectivity index (χ0v) is 22.1. The van der Waals surface area contributed by atoms with E-state index in [0.717, 1.165) is 0 Å². The molecule has 0 saturated carbocycles. The van der Waals surface area contributed by atoms with Crippen LogP contribution in [0, 0.1) is 0 Å². The summed E-state index contributed by atoms with van der Waals surface area (Å²) in [6.45, 7) is 4.37. The van der Waals surface area contributed by atoms with Crippen molar-refractivity contribution in [1.29, 1.82) is 0 Å². The van der Waals surface area contributed by atoms with Crippen molar-refractivity contribution < 1.29 is 38.4 Å². The molecule has 3 aromatic rings. The number of anilines is 1. The van der Waals surface area contributed by atoms with Crippen LogP contribution >= 0.6 is 0 Å². The molecule has 1 atom stereocenters. The third-order valence-electron chi connectivity index (χ3n) is 6.24. The van der Waals surface area contributed by atoms with Crippen LogP contribution in [-0.2, 0) is 14.3 Å². The lowest BCUT2D eigenvalue weighted by molar-refractivity contribution is -0.132. The smallest absolute Gasteiger partial charge is 0.337 e. The number of rotatable bonds is 9. The van der Waals surface area contributed by atoms with Gasteiger partial charge in [0.1, 0.15) is 23.0 Å². The number of aliphatic hydroxyl groups is 1. The van der Waals surface area contributed by atoms with E-state index < -0.39 is 29.5 Å². The van der Waals surface area contributed by atoms with E-state index in [2.05, 4.69) is 0 Å². The van der Waals surface area contributed by atoms with Crippen molar-refractivity contribution in [2.75, 3.05) is 32.3 Å². The van der Waals surface area contributed by atoms with E-state index in [1.54, 1.807) is 67.6 Å². The maximum Gasteiger partial charge on any atom is 0.337 e. The van der Waals surface area contributed by atoms with E-state index in [0.29, 0.717) is 36.0 Å². The first kappa shape index (κ1) is 27.3. The van der Waals surface area contributed by atoms with Crippen molar-refractivity contribution in [2.45, 2.75) is 19.9 Å². The molecule has 1 heterocycles. The maximum atomic E-state index is 13.5. The Hall–Kier alpha value is -4.79. The summed E-state index contributed by atoms with van der Waals surface area (Å²) in [5.74, 6) is -1.32. The van der Waals surface area contributed by atoms with Gasteiger partial charge in [0.2, 0.25) is 0 Å². The minimum absolute atomic E-state index is 0.126. The third kappa shape index (κ3) is 5.29. The number of hydrogen-bond donors (Lipinski definition) is 1. The number of ether oxygens (including phenoxy) is 4. The van der Waals surface area contributed by atoms with Crippen LogP contribution in [0.3, 0.4) is 0 Å². The number of hydrogen-bond acceptors (Lipinski definition) is 8. The molecule has 1 fully saturated rings. The fourth-order valence-corrected chi connectivity index (χ4v) is 4.48. The predicted molar refractivity (Wildman–Crippen MR) is 144 cm³/mol. The fraction of sp³-hybridized carbons (Fsp3) is 0.233. The molecule has 0 aliphatic carbocycles. The van der Waals surface area contributed by atoms with Crippen molar-refractivity contribution in [2.24, 2.45) is 0 Å². The summed E-state index contributed by atoms with van der Waals surface area (Å²) in [5.41, 5.74) is 1.15. The third-order valence-corrected chi connectivity index (χ3v) is 6.24. The highest BCUT2D eigenvalue weighted by Gasteiger charge is 2.47. The van der Waals surface area contributed by atoms with Gasteiger partial charge >= 0.3 is 5.97 Å². The second-order valence-corrected chi connectivity index (χ2v) is 8.51. The number of methoxy groups -OCH3 is 2. The van der Waals surface area contributed by atoms with E-state index >= 15 is 0 Å². The summed E-state index contributed by atoms with van der Waals surface area (Å²) < 4.78 is 21.4. The minimum atomic E-state index is -1.01. The molecule has 3 aromatic carbocycles. The van der Waals surface area contributed by atoms with Gasteiger partial charge in [-0.2, -0.15) is 0 Å². The largest absolute Gasteiger partial charge is 0.507 e. The molecule has 4 rings (SSSR count). The Balaban J connectivity index is 1.94. The Labute approximate surface area is 226 Å². The molecular formula is C30H29NO8. The lowest BCUT2D eigenvalue weighted by Crippen LogP contribution is -2.29. The van der Waals surface area contributed by atoms with Crippen molar-refractivity contribution in [3.63, 3.8) is 0 Å². The molecule has 1 unspecified atom stereocenters. The van der Waals surface area contributed by atoms with Gasteiger partial charge in [0.25, 0.3) is 11.7 Å². The van der Waals surface area contributed by atoms with Gasteiger partial charge in [0.05, 0.1) is 50.2 Å². The number of nitrogens with zero attached hydrogens (tertiary/aromatic N) is 1. The molecule has 1 saturated heterocycles. The Morgan fingerprint density at radius 3 is 2.23 bits per heavy atom. The highest BCUT2D eigenvalue weighted by atomic mass is 16.5. The van der Waals surface area contributed by atoms with Crippen molar-refractivity contribution in [3.05, 3.63) is 89.0 Å². The normalized spacial score (nSPS) is 16.2. The number of aliphatic hydroxyl groups excluding tert-OH is 1. The molecule has 0 aromatic heterocycles. The number of carbonyl (C=O) groups excluding carboxylic acids is 3. The first-order chi connectivity index (χ1) is 18.8. The molecule has 0 bridgehead atoms. The standard InChI is InChI=1S/C30H29NO8/c1-5-38-22-14-15-23(24(17-22)39-6-2)27(32)25-26(18-10-12-21(36-3)13-11-18)31(29(34)28(25)33)20-9-7-8-19(16-20)30(35)37-4/h7-17,26,32H,5-6H2,1-4H3/b27-25-. The molecule has 39 heavy (non-hydrogen) atoms. The zero-order chi connectivity index (χ0) is 28.1. The van der Waals surface area contributed by atoms with Crippen molar-refractivity contribution >= 4 is 29.1 Å². The first-order valence-electron chi connectivity index (χ1n) is 12.4. The van der Waals surface area contributed by atoms with E-state index in [9.17, 15) is 19.5 Å². The number of ketones is 1. The second-order valence-electron chi connectivity index (χ2n) is 8.51. The summed E-state index contributed by atoms with van der Waals surface area (Å²) in [4.78, 5) is 40.5. The molecule has 1 amide bonds. The van der Waals surface area contributed by atoms with Crippen molar-refractivity contribution in [3.8, 4) is 17.2 Å². The average molecular weight is 532 g/mol. The number of esters is 1. The summed E-state index contributed by atoms with van der Waals surface area (Å²) in [7, 11) is 2.78. The maximum absolute atomic E-state index is 13.5. The Kier molecular flexibility index (Phi) is 8.19. The van der Waals surface area contributed by atoms with E-state index in [1.165, 1.54) is 25.2 Å². The Morgan fingerprint density at radius 2 is 1.59 bits per heavy atom. The van der Waals surface area contributed by atoms with Crippen LogP contribution in [0.2, 0.25) is 0 Å². The molecule has 1 aliphatic heterocycles. The monoisotopic (exact) mass is 531 g/mol. The molecule has 0 radical (unpaired) electrons. The summed E-state index contributed by atoms with van der Waals surface area (Å²) in [6.07, 6.45) is 0. The van der Waals surface area contributed by atoms with Gasteiger partial charge in [0.15, 0.2) is 0 Å². The van der Waals surface area contributed by atoms with E-state index in [4.69, 9.17) is 18.9 Å². The van der Waals surface area contributed by atoms with Crippen molar-refractivity contribution in [1.82, 2.24) is 0 Å². The van der Waals surface area contributed by atoms with Crippen LogP contribution in [0.15, 0.2) is 72.3 Å². The topological polar surface area (TPSA) is 112 Å². The molecular weight excluding hydrogens is 502 g/mol. The van der Waals surface area contributed by atoms with E-state index in [1.807, 2.05) is 6.92 Å². The van der Waals surface area contributed by atoms with Gasteiger partial charge in [-0.25, -0.2) is 4.79 Å².